The lowest BCUT2D eigenvalue weighted by molar-refractivity contribution is 0.116. The van der Waals surface area contributed by atoms with Crippen molar-refractivity contribution in [2.24, 2.45) is 0 Å². The van der Waals surface area contributed by atoms with Crippen LogP contribution in [0.5, 0.6) is 0 Å². The molecule has 3 nitrogen and oxygen atoms in total. The average molecular weight is 176 g/mol. The smallest absolute Gasteiger partial charge is 0.166 e. The van der Waals surface area contributed by atoms with Gasteiger partial charge in [0.25, 0.3) is 0 Å². The Bertz CT molecular complexity index is 355. The van der Waals surface area contributed by atoms with E-state index in [9.17, 15) is 5.11 Å². The van der Waals surface area contributed by atoms with Gasteiger partial charge in [-0.1, -0.05) is 5.92 Å². The highest BCUT2D eigenvalue weighted by atomic mass is 16.3. The van der Waals surface area contributed by atoms with Crippen LogP contribution in [0.3, 0.4) is 0 Å². The third-order valence-corrected chi connectivity index (χ3v) is 2.31. The quantitative estimate of drug-likeness (QED) is 0.684. The van der Waals surface area contributed by atoms with E-state index in [0.717, 1.165) is 0 Å². The van der Waals surface area contributed by atoms with Gasteiger partial charge in [0.1, 0.15) is 5.69 Å². The summed E-state index contributed by atoms with van der Waals surface area (Å²) in [6.07, 6.45) is 9.42. The topological polar surface area (TPSA) is 38.0 Å². The molecule has 0 amide bonds. The van der Waals surface area contributed by atoms with E-state index in [1.165, 1.54) is 12.8 Å². The second-order valence-corrected chi connectivity index (χ2v) is 3.63. The van der Waals surface area contributed by atoms with Gasteiger partial charge in [-0.2, -0.15) is 5.10 Å². The molecule has 0 aromatic carbocycles. The molecule has 3 heteroatoms. The molecule has 13 heavy (non-hydrogen) atoms. The summed E-state index contributed by atoms with van der Waals surface area (Å²) in [5.74, 6) is 2.31. The Balaban J connectivity index is 2.27. The zero-order chi connectivity index (χ0) is 9.47. The molecule has 1 N–H and O–H groups in total. The number of aromatic nitrogens is 2. The van der Waals surface area contributed by atoms with Crippen LogP contribution in [0.1, 0.15) is 31.5 Å². The first-order valence-electron chi connectivity index (χ1n) is 4.39. The van der Waals surface area contributed by atoms with E-state index < -0.39 is 5.60 Å². The van der Waals surface area contributed by atoms with Gasteiger partial charge in [0.05, 0.1) is 6.04 Å². The van der Waals surface area contributed by atoms with E-state index in [4.69, 9.17) is 6.42 Å². The van der Waals surface area contributed by atoms with Gasteiger partial charge < -0.3 is 5.11 Å². The molecule has 1 atom stereocenters. The highest BCUT2D eigenvalue weighted by molar-refractivity contribution is 5.21. The van der Waals surface area contributed by atoms with Crippen LogP contribution >= 0.6 is 0 Å². The highest BCUT2D eigenvalue weighted by Gasteiger charge is 2.28. The molecule has 1 aliphatic rings. The van der Waals surface area contributed by atoms with Crippen LogP contribution in [0, 0.1) is 12.3 Å². The third kappa shape index (κ3) is 1.45. The van der Waals surface area contributed by atoms with E-state index in [1.54, 1.807) is 13.0 Å². The van der Waals surface area contributed by atoms with Crippen LogP contribution in [0.25, 0.3) is 0 Å². The Kier molecular flexibility index (Phi) is 1.67. The van der Waals surface area contributed by atoms with Crippen molar-refractivity contribution in [2.75, 3.05) is 0 Å². The Morgan fingerprint density at radius 3 is 3.00 bits per heavy atom. The van der Waals surface area contributed by atoms with Crippen molar-refractivity contribution in [1.82, 2.24) is 9.78 Å². The Morgan fingerprint density at radius 2 is 2.46 bits per heavy atom. The van der Waals surface area contributed by atoms with E-state index in [1.807, 2.05) is 10.9 Å². The maximum absolute atomic E-state index is 9.70. The Labute approximate surface area is 77.4 Å². The van der Waals surface area contributed by atoms with Crippen LogP contribution < -0.4 is 0 Å². The molecule has 1 aromatic rings. The first-order valence-corrected chi connectivity index (χ1v) is 4.39. The minimum Gasteiger partial charge on any atom is -0.372 e. The van der Waals surface area contributed by atoms with Gasteiger partial charge in [-0.25, -0.2) is 0 Å². The number of nitrogens with zero attached hydrogens (tertiary/aromatic N) is 2. The van der Waals surface area contributed by atoms with Crippen LogP contribution in [-0.2, 0) is 5.60 Å². The molecule has 2 rings (SSSR count). The fourth-order valence-electron chi connectivity index (χ4n) is 1.21. The van der Waals surface area contributed by atoms with Gasteiger partial charge in [0, 0.05) is 6.20 Å². The zero-order valence-corrected chi connectivity index (χ0v) is 7.57. The zero-order valence-electron chi connectivity index (χ0n) is 7.57. The van der Waals surface area contributed by atoms with Crippen molar-refractivity contribution in [1.29, 1.82) is 0 Å². The number of hydrogen-bond acceptors (Lipinski definition) is 2. The molecule has 0 aliphatic heterocycles. The minimum atomic E-state index is -1.24. The second-order valence-electron chi connectivity index (χ2n) is 3.63. The van der Waals surface area contributed by atoms with Crippen molar-refractivity contribution >= 4 is 0 Å². The summed E-state index contributed by atoms with van der Waals surface area (Å²) in [4.78, 5) is 0. The predicted molar refractivity (Wildman–Crippen MR) is 48.9 cm³/mol. The molecule has 0 saturated heterocycles. The van der Waals surface area contributed by atoms with Gasteiger partial charge in [-0.3, -0.25) is 4.68 Å². The van der Waals surface area contributed by atoms with E-state index in [0.29, 0.717) is 11.7 Å². The summed E-state index contributed by atoms with van der Waals surface area (Å²) in [6, 6.07) is 2.31. The molecule has 0 radical (unpaired) electrons. The molecular formula is C10H12N2O. The molecule has 1 aromatic heterocycles. The molecule has 68 valence electrons. The fraction of sp³-hybridized carbons (Fsp3) is 0.500. The summed E-state index contributed by atoms with van der Waals surface area (Å²) in [7, 11) is 0. The van der Waals surface area contributed by atoms with E-state index in [2.05, 4.69) is 11.0 Å². The summed E-state index contributed by atoms with van der Waals surface area (Å²) in [5.41, 5.74) is -0.679. The molecule has 1 aliphatic carbocycles. The van der Waals surface area contributed by atoms with Crippen LogP contribution in [-0.4, -0.2) is 14.9 Å². The van der Waals surface area contributed by atoms with Crippen molar-refractivity contribution in [2.45, 2.75) is 31.4 Å². The van der Waals surface area contributed by atoms with Gasteiger partial charge in [0.2, 0.25) is 0 Å². The first-order chi connectivity index (χ1) is 6.13. The van der Waals surface area contributed by atoms with Crippen molar-refractivity contribution in [3.63, 3.8) is 0 Å². The number of hydrogen-bond donors (Lipinski definition) is 1. The maximum Gasteiger partial charge on any atom is 0.166 e. The van der Waals surface area contributed by atoms with Gasteiger partial charge in [-0.05, 0) is 25.8 Å². The molecule has 0 bridgehead atoms. The molecular weight excluding hydrogens is 164 g/mol. The lowest BCUT2D eigenvalue weighted by atomic mass is 10.1. The standard InChI is InChI=1S/C10H12N2O/c1-3-10(2,13)9-6-7-12(11-9)8-4-5-8/h1,6-8,13H,4-5H2,2H3/t10-/m1/s1. The Morgan fingerprint density at radius 1 is 1.77 bits per heavy atom. The van der Waals surface area contributed by atoms with Gasteiger partial charge >= 0.3 is 0 Å². The van der Waals surface area contributed by atoms with Crippen molar-refractivity contribution in [3.05, 3.63) is 18.0 Å². The molecule has 0 unspecified atom stereocenters. The molecule has 1 heterocycles. The normalized spacial score (nSPS) is 20.7. The lowest BCUT2D eigenvalue weighted by Gasteiger charge is -2.12. The van der Waals surface area contributed by atoms with Gasteiger partial charge in [-0.15, -0.1) is 6.42 Å². The van der Waals surface area contributed by atoms with Crippen LogP contribution in [0.2, 0.25) is 0 Å². The third-order valence-electron chi connectivity index (χ3n) is 2.31. The van der Waals surface area contributed by atoms with Crippen LogP contribution in [0.15, 0.2) is 12.3 Å². The maximum atomic E-state index is 9.70. The fourth-order valence-corrected chi connectivity index (χ4v) is 1.21. The highest BCUT2D eigenvalue weighted by Crippen LogP contribution is 2.34. The number of rotatable bonds is 2. The van der Waals surface area contributed by atoms with E-state index in [-0.39, 0.29) is 0 Å². The predicted octanol–water partition coefficient (Wildman–Crippen LogP) is 1.06. The number of aliphatic hydroxyl groups is 1. The summed E-state index contributed by atoms with van der Waals surface area (Å²) in [6.45, 7) is 1.58. The second kappa shape index (κ2) is 2.61. The SMILES string of the molecule is C#C[C@@](C)(O)c1ccn(C2CC2)n1. The summed E-state index contributed by atoms with van der Waals surface area (Å²) in [5, 5.41) is 13.9. The Hall–Kier alpha value is -1.27. The summed E-state index contributed by atoms with van der Waals surface area (Å²) < 4.78 is 1.88. The lowest BCUT2D eigenvalue weighted by Crippen LogP contribution is -2.19. The molecule has 1 saturated carbocycles. The largest absolute Gasteiger partial charge is 0.372 e. The van der Waals surface area contributed by atoms with Crippen molar-refractivity contribution in [3.8, 4) is 12.3 Å². The summed E-state index contributed by atoms with van der Waals surface area (Å²) >= 11 is 0. The monoisotopic (exact) mass is 176 g/mol. The first kappa shape index (κ1) is 8.33. The molecule has 1 fully saturated rings. The molecule has 0 spiro atoms. The number of terminal acetylenes is 1. The van der Waals surface area contributed by atoms with Gasteiger partial charge in [0.15, 0.2) is 5.60 Å². The minimum absolute atomic E-state index is 0.530. The van der Waals surface area contributed by atoms with E-state index >= 15 is 0 Å². The van der Waals surface area contributed by atoms with Crippen molar-refractivity contribution < 1.29 is 5.11 Å². The van der Waals surface area contributed by atoms with Crippen LogP contribution in [0.4, 0.5) is 0 Å². The average Bonchev–Trinajstić information content (AvgIpc) is 2.83.